The van der Waals surface area contributed by atoms with Crippen LogP contribution in [0, 0.1) is 5.82 Å². The molecule has 2 fully saturated rings. The zero-order valence-electron chi connectivity index (χ0n) is 24.5. The Hall–Kier alpha value is -4.43. The third kappa shape index (κ3) is 6.40. The molecule has 2 aliphatic rings. The number of anilines is 5. The summed E-state index contributed by atoms with van der Waals surface area (Å²) in [6.45, 7) is 8.16. The number of likely N-dealkylation sites (N-methyl/N-ethyl adjacent to an activating group) is 1. The van der Waals surface area contributed by atoms with Gasteiger partial charge in [-0.1, -0.05) is 18.7 Å². The van der Waals surface area contributed by atoms with Crippen molar-refractivity contribution in [3.05, 3.63) is 72.3 Å². The fraction of sp³-hybridized carbons (Fsp3) is 0.367. The summed E-state index contributed by atoms with van der Waals surface area (Å²) in [4.78, 5) is 31.0. The van der Waals surface area contributed by atoms with Crippen molar-refractivity contribution >= 4 is 34.6 Å². The molecule has 5 rings (SSSR count). The van der Waals surface area contributed by atoms with Crippen LogP contribution in [0.2, 0.25) is 0 Å². The number of alkyl halides is 3. The Bertz CT molecular complexity index is 1540. The molecular formula is C30H33F4N7O3. The lowest BCUT2D eigenvalue weighted by molar-refractivity contribution is -0.140. The summed E-state index contributed by atoms with van der Waals surface area (Å²) in [6.07, 6.45) is -2.15. The predicted molar refractivity (Wildman–Crippen MR) is 159 cm³/mol. The first-order chi connectivity index (χ1) is 21.0. The number of halogens is 4. The molecule has 0 aliphatic carbocycles. The molecule has 1 amide bonds. The minimum Gasteiger partial charge on any atom is -0.494 e. The molecule has 1 aromatic heterocycles. The number of benzene rings is 2. The summed E-state index contributed by atoms with van der Waals surface area (Å²) in [5.74, 6) is -0.739. The number of carbonyl (C=O) groups is 1. The summed E-state index contributed by atoms with van der Waals surface area (Å²) in [5.41, 5.74) is 0.302. The highest BCUT2D eigenvalue weighted by Crippen LogP contribution is 2.41. The Labute approximate surface area is 252 Å². The summed E-state index contributed by atoms with van der Waals surface area (Å²) in [6, 6.07) is 7.72. The Kier molecular flexibility index (Phi) is 8.92. The lowest BCUT2D eigenvalue weighted by Gasteiger charge is -2.40. The molecule has 2 N–H and O–H groups in total. The molecule has 10 nitrogen and oxygen atoms in total. The van der Waals surface area contributed by atoms with E-state index in [1.807, 2.05) is 6.07 Å². The monoisotopic (exact) mass is 615 g/mol. The van der Waals surface area contributed by atoms with Gasteiger partial charge in [-0.15, -0.1) is 0 Å². The van der Waals surface area contributed by atoms with Gasteiger partial charge < -0.3 is 25.2 Å². The number of hydrogen-bond acceptors (Lipinski definition) is 9. The van der Waals surface area contributed by atoms with Crippen molar-refractivity contribution in [1.82, 2.24) is 14.9 Å². The highest BCUT2D eigenvalue weighted by atomic mass is 19.4. The fourth-order valence-electron chi connectivity index (χ4n) is 5.33. The van der Waals surface area contributed by atoms with E-state index in [4.69, 9.17) is 9.57 Å². The molecule has 44 heavy (non-hydrogen) atoms. The van der Waals surface area contributed by atoms with Crippen molar-refractivity contribution in [3.8, 4) is 5.75 Å². The van der Waals surface area contributed by atoms with Crippen LogP contribution in [0.4, 0.5) is 46.3 Å². The van der Waals surface area contributed by atoms with Crippen molar-refractivity contribution in [2.45, 2.75) is 31.6 Å². The molecule has 0 radical (unpaired) electrons. The smallest absolute Gasteiger partial charge is 0.419 e. The number of hydroxylamine groups is 1. The number of piperazine rings is 1. The molecule has 3 heterocycles. The van der Waals surface area contributed by atoms with Gasteiger partial charge in [0, 0.05) is 49.8 Å². The van der Waals surface area contributed by atoms with Crippen molar-refractivity contribution in [1.29, 1.82) is 0 Å². The standard InChI is InChI=1S/C30H33F4N7O3/c1-5-28(42)38-21-13-22(25(43-4)14-24(21)40-11-10-39(3)18(2)16-40)37-26-15-27(36-17-35-26)41-23(9-12-44-41)19-7-6-8-20(29(19)31)30(32,33)34/h5-8,13-15,17-18,23H,1,9-12,16H2,2-4H3,(H,38,42)(H,35,36,37)/t18-,23+/m0/s1. The second-order valence-electron chi connectivity index (χ2n) is 10.6. The molecule has 14 heteroatoms. The van der Waals surface area contributed by atoms with E-state index >= 15 is 4.39 Å². The zero-order valence-corrected chi connectivity index (χ0v) is 24.5. The summed E-state index contributed by atoms with van der Waals surface area (Å²) < 4.78 is 60.9. The van der Waals surface area contributed by atoms with Crippen LogP contribution in [0.3, 0.4) is 0 Å². The van der Waals surface area contributed by atoms with Crippen molar-refractivity contribution in [3.63, 3.8) is 0 Å². The Morgan fingerprint density at radius 1 is 1.18 bits per heavy atom. The van der Waals surface area contributed by atoms with Gasteiger partial charge >= 0.3 is 6.18 Å². The normalized spacial score (nSPS) is 19.2. The molecule has 0 bridgehead atoms. The average molecular weight is 616 g/mol. The van der Waals surface area contributed by atoms with Gasteiger partial charge in [-0.25, -0.2) is 19.4 Å². The van der Waals surface area contributed by atoms with Crippen LogP contribution in [0.5, 0.6) is 5.75 Å². The van der Waals surface area contributed by atoms with Crippen LogP contribution in [0.25, 0.3) is 0 Å². The number of rotatable bonds is 8. The van der Waals surface area contributed by atoms with Crippen LogP contribution in [-0.2, 0) is 15.8 Å². The Morgan fingerprint density at radius 3 is 2.68 bits per heavy atom. The minimum atomic E-state index is -4.84. The third-order valence-corrected chi connectivity index (χ3v) is 7.80. The van der Waals surface area contributed by atoms with Gasteiger partial charge in [-0.3, -0.25) is 9.63 Å². The number of aromatic nitrogens is 2. The molecule has 2 aliphatic heterocycles. The van der Waals surface area contributed by atoms with Crippen molar-refractivity contribution in [2.75, 3.05) is 61.0 Å². The van der Waals surface area contributed by atoms with Gasteiger partial charge in [0.1, 0.15) is 23.7 Å². The quantitative estimate of drug-likeness (QED) is 0.251. The largest absolute Gasteiger partial charge is 0.494 e. The van der Waals surface area contributed by atoms with E-state index in [1.165, 1.54) is 42.8 Å². The first kappa shape index (κ1) is 31.0. The van der Waals surface area contributed by atoms with Crippen molar-refractivity contribution in [2.24, 2.45) is 0 Å². The van der Waals surface area contributed by atoms with Crippen LogP contribution in [-0.4, -0.2) is 67.2 Å². The zero-order chi connectivity index (χ0) is 31.6. The maximum absolute atomic E-state index is 15.0. The Morgan fingerprint density at radius 2 is 1.98 bits per heavy atom. The highest BCUT2D eigenvalue weighted by molar-refractivity contribution is 6.02. The first-order valence-electron chi connectivity index (χ1n) is 14.0. The SMILES string of the molecule is C=CC(=O)Nc1cc(Nc2cc(N3OCC[C@@H]3c3cccc(C(F)(F)F)c3F)ncn2)c(OC)cc1N1CCN(C)[C@@H](C)C1. The van der Waals surface area contributed by atoms with E-state index in [1.54, 1.807) is 6.07 Å². The maximum atomic E-state index is 15.0. The van der Waals surface area contributed by atoms with E-state index < -0.39 is 23.6 Å². The van der Waals surface area contributed by atoms with Crippen molar-refractivity contribution < 1.29 is 31.9 Å². The molecule has 0 unspecified atom stereocenters. The molecule has 2 atom stereocenters. The molecular weight excluding hydrogens is 582 g/mol. The van der Waals surface area contributed by atoms with Gasteiger partial charge in [0.25, 0.3) is 0 Å². The summed E-state index contributed by atoms with van der Waals surface area (Å²) in [7, 11) is 3.59. The van der Waals surface area contributed by atoms with Gasteiger partial charge in [-0.05, 0) is 32.2 Å². The second kappa shape index (κ2) is 12.7. The highest BCUT2D eigenvalue weighted by Gasteiger charge is 2.38. The lowest BCUT2D eigenvalue weighted by Crippen LogP contribution is -2.50. The number of methoxy groups -OCH3 is 1. The molecule has 2 aromatic carbocycles. The van der Waals surface area contributed by atoms with Crippen LogP contribution < -0.4 is 25.3 Å². The number of ether oxygens (including phenoxy) is 1. The van der Waals surface area contributed by atoms with Gasteiger partial charge in [-0.2, -0.15) is 13.2 Å². The van der Waals surface area contributed by atoms with Gasteiger partial charge in [0.2, 0.25) is 5.91 Å². The predicted octanol–water partition coefficient (Wildman–Crippen LogP) is 5.53. The molecule has 3 aromatic rings. The molecule has 234 valence electrons. The molecule has 0 spiro atoms. The number of amides is 1. The van der Waals surface area contributed by atoms with E-state index in [9.17, 15) is 18.0 Å². The van der Waals surface area contributed by atoms with E-state index in [-0.39, 0.29) is 36.4 Å². The van der Waals surface area contributed by atoms with E-state index in [0.29, 0.717) is 29.0 Å². The first-order valence-corrected chi connectivity index (χ1v) is 14.0. The fourth-order valence-corrected chi connectivity index (χ4v) is 5.33. The molecule has 2 saturated heterocycles. The van der Waals surface area contributed by atoms with Crippen LogP contribution in [0.15, 0.2) is 55.4 Å². The second-order valence-corrected chi connectivity index (χ2v) is 10.6. The molecule has 0 saturated carbocycles. The van der Waals surface area contributed by atoms with Crippen LogP contribution >= 0.6 is 0 Å². The summed E-state index contributed by atoms with van der Waals surface area (Å²) in [5, 5.41) is 7.34. The number of carbonyl (C=O) groups excluding carboxylic acids is 1. The average Bonchev–Trinajstić information content (AvgIpc) is 3.48. The topological polar surface area (TPSA) is 95.1 Å². The van der Waals surface area contributed by atoms with Gasteiger partial charge in [0.05, 0.1) is 42.4 Å². The number of hydrogen-bond donors (Lipinski definition) is 2. The van der Waals surface area contributed by atoms with E-state index in [2.05, 4.69) is 51.0 Å². The minimum absolute atomic E-state index is 0.150. The Balaban J connectivity index is 1.46. The maximum Gasteiger partial charge on any atom is 0.419 e. The summed E-state index contributed by atoms with van der Waals surface area (Å²) >= 11 is 0. The number of nitrogens with zero attached hydrogens (tertiary/aromatic N) is 5. The van der Waals surface area contributed by atoms with Gasteiger partial charge in [0.15, 0.2) is 5.82 Å². The third-order valence-electron chi connectivity index (χ3n) is 7.80. The number of nitrogens with one attached hydrogen (secondary N) is 2. The van der Waals surface area contributed by atoms with E-state index in [0.717, 1.165) is 25.3 Å². The van der Waals surface area contributed by atoms with Crippen LogP contribution in [0.1, 0.15) is 30.5 Å². The lowest BCUT2D eigenvalue weighted by atomic mass is 10.0.